The standard InChI is InChI=1S/C26H38N3O3Si/c1-18-16-21(29(30)31-6)12-13-24(18)27-15-14-20-17-28-25-22(10-9-11-23(20)25)19(2)32-33(7,8)26(3,4)5/h9-13,16-17,19,27-28H,14-15H2,1-8H3/q+1. The molecule has 3 rings (SSSR count). The summed E-state index contributed by atoms with van der Waals surface area (Å²) in [6.07, 6.45) is 3.03. The summed E-state index contributed by atoms with van der Waals surface area (Å²) < 4.78 is 6.66. The predicted octanol–water partition coefficient (Wildman–Crippen LogP) is 7.19. The Hall–Kier alpha value is -2.64. The van der Waals surface area contributed by atoms with Crippen molar-refractivity contribution in [2.75, 3.05) is 19.0 Å². The summed E-state index contributed by atoms with van der Waals surface area (Å²) in [7, 11) is -0.501. The number of aromatic nitrogens is 1. The van der Waals surface area contributed by atoms with E-state index in [4.69, 9.17) is 9.26 Å². The predicted molar refractivity (Wildman–Crippen MR) is 139 cm³/mol. The average molecular weight is 469 g/mol. The number of anilines is 1. The molecular formula is C26H38N3O3Si+. The molecule has 1 heterocycles. The number of fused-ring (bicyclic) bond motifs is 1. The van der Waals surface area contributed by atoms with E-state index in [-0.39, 0.29) is 11.1 Å². The summed E-state index contributed by atoms with van der Waals surface area (Å²) >= 11 is 0. The third-order valence-corrected chi connectivity index (χ3v) is 11.4. The third kappa shape index (κ3) is 5.47. The molecule has 0 aliphatic heterocycles. The minimum absolute atomic E-state index is 0.0352. The van der Waals surface area contributed by atoms with Crippen LogP contribution in [0.15, 0.2) is 42.6 Å². The molecule has 1 atom stereocenters. The molecule has 0 aliphatic carbocycles. The molecule has 178 valence electrons. The molecule has 2 aromatic carbocycles. The Bertz CT molecular complexity index is 1130. The molecule has 7 heteroatoms. The summed E-state index contributed by atoms with van der Waals surface area (Å²) in [5.41, 5.74) is 6.15. The molecule has 33 heavy (non-hydrogen) atoms. The number of rotatable bonds is 9. The number of para-hydroxylation sites is 1. The minimum Gasteiger partial charge on any atom is -0.410 e. The van der Waals surface area contributed by atoms with Gasteiger partial charge in [0, 0.05) is 41.5 Å². The van der Waals surface area contributed by atoms with E-state index in [1.165, 1.54) is 23.6 Å². The van der Waals surface area contributed by atoms with Gasteiger partial charge in [0.05, 0.1) is 16.5 Å². The van der Waals surface area contributed by atoms with Crippen LogP contribution >= 0.6 is 0 Å². The number of H-pyrrole nitrogens is 1. The van der Waals surface area contributed by atoms with Crippen LogP contribution in [0.25, 0.3) is 10.9 Å². The zero-order chi connectivity index (χ0) is 24.4. The Morgan fingerprint density at radius 3 is 2.55 bits per heavy atom. The van der Waals surface area contributed by atoms with Crippen LogP contribution in [0.2, 0.25) is 18.1 Å². The van der Waals surface area contributed by atoms with E-state index in [9.17, 15) is 4.91 Å². The maximum Gasteiger partial charge on any atom is 0.317 e. The Morgan fingerprint density at radius 1 is 1.18 bits per heavy atom. The summed E-state index contributed by atoms with van der Waals surface area (Å²) in [6, 6.07) is 12.0. The molecule has 2 N–H and O–H groups in total. The van der Waals surface area contributed by atoms with Crippen LogP contribution in [-0.4, -0.2) is 31.9 Å². The average Bonchev–Trinajstić information content (AvgIpc) is 3.16. The first-order chi connectivity index (χ1) is 15.4. The van der Waals surface area contributed by atoms with E-state index in [1.54, 1.807) is 6.07 Å². The highest BCUT2D eigenvalue weighted by Crippen LogP contribution is 2.40. The van der Waals surface area contributed by atoms with Crippen molar-refractivity contribution in [2.24, 2.45) is 0 Å². The van der Waals surface area contributed by atoms with E-state index in [1.807, 2.05) is 19.1 Å². The maximum absolute atomic E-state index is 11.6. The molecule has 0 aliphatic rings. The van der Waals surface area contributed by atoms with Crippen LogP contribution < -0.4 is 5.32 Å². The Morgan fingerprint density at radius 2 is 1.91 bits per heavy atom. The van der Waals surface area contributed by atoms with Crippen LogP contribution in [0.5, 0.6) is 0 Å². The Labute approximate surface area is 198 Å². The summed E-state index contributed by atoms with van der Waals surface area (Å²) in [5.74, 6) is 0. The third-order valence-electron chi connectivity index (χ3n) is 6.85. The fourth-order valence-corrected chi connectivity index (χ4v) is 5.23. The fourth-order valence-electron chi connectivity index (χ4n) is 3.86. The Balaban J connectivity index is 1.72. The molecule has 0 saturated carbocycles. The fraction of sp³-hybridized carbons (Fsp3) is 0.462. The van der Waals surface area contributed by atoms with Gasteiger partial charge in [-0.2, -0.15) is 0 Å². The lowest BCUT2D eigenvalue weighted by Gasteiger charge is -2.38. The van der Waals surface area contributed by atoms with Gasteiger partial charge in [-0.1, -0.05) is 39.0 Å². The molecule has 0 saturated heterocycles. The van der Waals surface area contributed by atoms with Crippen LogP contribution in [-0.2, 0) is 15.7 Å². The van der Waals surface area contributed by atoms with Crippen molar-refractivity contribution < 1.29 is 14.2 Å². The highest BCUT2D eigenvalue weighted by molar-refractivity contribution is 6.74. The highest BCUT2D eigenvalue weighted by Gasteiger charge is 2.38. The van der Waals surface area contributed by atoms with E-state index < -0.39 is 8.32 Å². The van der Waals surface area contributed by atoms with Crippen LogP contribution in [0.1, 0.15) is 50.5 Å². The van der Waals surface area contributed by atoms with Gasteiger partial charge in [-0.05, 0) is 55.6 Å². The molecule has 1 aromatic heterocycles. The topological polar surface area (TPSA) is 66.4 Å². The highest BCUT2D eigenvalue weighted by atomic mass is 28.4. The number of benzene rings is 2. The zero-order valence-electron chi connectivity index (χ0n) is 21.2. The van der Waals surface area contributed by atoms with Crippen molar-refractivity contribution in [3.05, 3.63) is 64.2 Å². The largest absolute Gasteiger partial charge is 0.410 e. The number of hydrogen-bond donors (Lipinski definition) is 2. The molecule has 0 amide bonds. The molecule has 0 spiro atoms. The van der Waals surface area contributed by atoms with E-state index in [2.05, 4.69) is 75.5 Å². The van der Waals surface area contributed by atoms with Gasteiger partial charge in [0.1, 0.15) is 0 Å². The molecule has 0 fully saturated rings. The molecular weight excluding hydrogens is 430 g/mol. The number of aryl methyl sites for hydroxylation is 1. The molecule has 0 radical (unpaired) electrons. The SMILES string of the molecule is CO[N+](=O)c1ccc(NCCc2c[nH]c3c(C(C)O[Si](C)(C)C(C)(C)C)cccc23)c(C)c1. The molecule has 3 aromatic rings. The summed E-state index contributed by atoms with van der Waals surface area (Å²) in [5, 5.41) is 4.91. The second-order valence-electron chi connectivity index (χ2n) is 10.2. The number of hydrogen-bond acceptors (Lipinski definition) is 4. The van der Waals surface area contributed by atoms with E-state index in [0.29, 0.717) is 10.6 Å². The first-order valence-electron chi connectivity index (χ1n) is 11.6. The molecule has 6 nitrogen and oxygen atoms in total. The Kier molecular flexibility index (Phi) is 7.34. The van der Waals surface area contributed by atoms with Gasteiger partial charge in [0.25, 0.3) is 4.92 Å². The van der Waals surface area contributed by atoms with Crippen LogP contribution in [0.3, 0.4) is 0 Å². The summed E-state index contributed by atoms with van der Waals surface area (Å²) in [4.78, 5) is 20.4. The number of nitrogens with zero attached hydrogens (tertiary/aromatic N) is 1. The maximum atomic E-state index is 11.6. The van der Waals surface area contributed by atoms with E-state index >= 15 is 0 Å². The van der Waals surface area contributed by atoms with Gasteiger partial charge in [-0.3, -0.25) is 0 Å². The summed E-state index contributed by atoms with van der Waals surface area (Å²) in [6.45, 7) is 16.4. The van der Waals surface area contributed by atoms with Crippen molar-refractivity contribution >= 4 is 30.6 Å². The smallest absolute Gasteiger partial charge is 0.317 e. The second-order valence-corrected chi connectivity index (χ2v) is 15.0. The lowest BCUT2D eigenvalue weighted by molar-refractivity contribution is -0.736. The second kappa shape index (κ2) is 9.69. The lowest BCUT2D eigenvalue weighted by Crippen LogP contribution is -2.41. The molecule has 1 unspecified atom stereocenters. The first kappa shape index (κ1) is 25.0. The van der Waals surface area contributed by atoms with Crippen molar-refractivity contribution in [1.82, 2.24) is 4.98 Å². The van der Waals surface area contributed by atoms with Gasteiger partial charge in [-0.15, -0.1) is 0 Å². The van der Waals surface area contributed by atoms with Crippen LogP contribution in [0.4, 0.5) is 11.4 Å². The van der Waals surface area contributed by atoms with Crippen molar-refractivity contribution in [2.45, 2.75) is 65.3 Å². The monoisotopic (exact) mass is 468 g/mol. The quantitative estimate of drug-likeness (QED) is 0.258. The number of nitrogens with one attached hydrogen (secondary N) is 2. The van der Waals surface area contributed by atoms with Gasteiger partial charge < -0.3 is 14.7 Å². The van der Waals surface area contributed by atoms with Gasteiger partial charge in [0.15, 0.2) is 15.4 Å². The van der Waals surface area contributed by atoms with Crippen LogP contribution in [0, 0.1) is 11.8 Å². The first-order valence-corrected chi connectivity index (χ1v) is 14.5. The zero-order valence-corrected chi connectivity index (χ0v) is 22.2. The van der Waals surface area contributed by atoms with Gasteiger partial charge >= 0.3 is 5.69 Å². The van der Waals surface area contributed by atoms with E-state index in [0.717, 1.165) is 29.7 Å². The van der Waals surface area contributed by atoms with Gasteiger partial charge in [0.2, 0.25) is 0 Å². The normalized spacial score (nSPS) is 13.2. The van der Waals surface area contributed by atoms with Crippen molar-refractivity contribution in [3.8, 4) is 0 Å². The van der Waals surface area contributed by atoms with Crippen molar-refractivity contribution in [3.63, 3.8) is 0 Å². The number of aromatic amines is 1. The van der Waals surface area contributed by atoms with Crippen molar-refractivity contribution in [1.29, 1.82) is 0 Å². The lowest BCUT2D eigenvalue weighted by atomic mass is 10.0. The van der Waals surface area contributed by atoms with Gasteiger partial charge in [-0.25, -0.2) is 4.84 Å². The molecule has 0 bridgehead atoms. The minimum atomic E-state index is -1.86.